The molecular formula is C21H26N4O. The van der Waals surface area contributed by atoms with Crippen LogP contribution in [0.15, 0.2) is 47.6 Å². The van der Waals surface area contributed by atoms with Crippen LogP contribution in [0.2, 0.25) is 0 Å². The van der Waals surface area contributed by atoms with Crippen molar-refractivity contribution in [2.45, 2.75) is 38.2 Å². The summed E-state index contributed by atoms with van der Waals surface area (Å²) in [6.45, 7) is 3.72. The van der Waals surface area contributed by atoms with E-state index in [2.05, 4.69) is 45.8 Å². The van der Waals surface area contributed by atoms with E-state index in [-0.39, 0.29) is 0 Å². The monoisotopic (exact) mass is 350 g/mol. The van der Waals surface area contributed by atoms with Crippen LogP contribution < -0.4 is 10.5 Å². The molecule has 0 bridgehead atoms. The minimum atomic E-state index is 0.312. The van der Waals surface area contributed by atoms with E-state index < -0.39 is 0 Å². The number of hydrogen-bond donors (Lipinski definition) is 2. The molecule has 3 aromatic rings. The Hall–Kier alpha value is -2.66. The first-order valence-electron chi connectivity index (χ1n) is 9.12. The van der Waals surface area contributed by atoms with Gasteiger partial charge < -0.3 is 10.5 Å². The molecule has 136 valence electrons. The maximum atomic E-state index is 6.18. The number of nitrogens with zero attached hydrogens (tertiary/aromatic N) is 2. The average molecular weight is 350 g/mol. The van der Waals surface area contributed by atoms with E-state index in [1.807, 2.05) is 24.4 Å². The predicted molar refractivity (Wildman–Crippen MR) is 108 cm³/mol. The van der Waals surface area contributed by atoms with Crippen molar-refractivity contribution in [3.8, 4) is 16.9 Å². The molecule has 1 fully saturated rings. The normalized spacial score (nSPS) is 14.5. The maximum absolute atomic E-state index is 6.18. The number of H-pyrrole nitrogens is 1. The summed E-state index contributed by atoms with van der Waals surface area (Å²) in [6.07, 6.45) is 8.25. The van der Waals surface area contributed by atoms with Gasteiger partial charge >= 0.3 is 0 Å². The van der Waals surface area contributed by atoms with Gasteiger partial charge in [-0.15, -0.1) is 0 Å². The molecule has 0 aliphatic heterocycles. The average Bonchev–Trinajstić information content (AvgIpc) is 3.18. The van der Waals surface area contributed by atoms with Crippen LogP contribution in [0.3, 0.4) is 0 Å². The van der Waals surface area contributed by atoms with Crippen molar-refractivity contribution in [1.82, 2.24) is 10.2 Å². The highest BCUT2D eigenvalue weighted by molar-refractivity contribution is 5.84. The van der Waals surface area contributed by atoms with Crippen LogP contribution >= 0.6 is 0 Å². The van der Waals surface area contributed by atoms with Gasteiger partial charge in [-0.05, 0) is 74.8 Å². The molecule has 5 heteroatoms. The lowest BCUT2D eigenvalue weighted by molar-refractivity contribution is 0.156. The highest BCUT2D eigenvalue weighted by Crippen LogP contribution is 2.35. The maximum Gasteiger partial charge on any atom is 0.145 e. The van der Waals surface area contributed by atoms with Gasteiger partial charge in [0.15, 0.2) is 0 Å². The van der Waals surface area contributed by atoms with Crippen molar-refractivity contribution in [1.29, 1.82) is 0 Å². The van der Waals surface area contributed by atoms with E-state index >= 15 is 0 Å². The van der Waals surface area contributed by atoms with Crippen LogP contribution in [-0.2, 0) is 0 Å². The Morgan fingerprint density at radius 3 is 2.58 bits per heavy atom. The van der Waals surface area contributed by atoms with Crippen LogP contribution in [0.5, 0.6) is 5.75 Å². The zero-order chi connectivity index (χ0) is 18.4. The minimum absolute atomic E-state index is 0.312. The van der Waals surface area contributed by atoms with Crippen LogP contribution in [0.1, 0.15) is 32.1 Å². The number of benzene rings is 2. The lowest BCUT2D eigenvalue weighted by Crippen LogP contribution is -2.19. The SMILES string of the molecule is C=Nc1cc(-c2ccc3[nH]ncc3c2)ccc1OC1CCCCC1.CN. The summed E-state index contributed by atoms with van der Waals surface area (Å²) >= 11 is 0. The van der Waals surface area contributed by atoms with Crippen molar-refractivity contribution < 1.29 is 4.74 Å². The molecule has 4 rings (SSSR count). The number of rotatable bonds is 4. The van der Waals surface area contributed by atoms with Gasteiger partial charge in [-0.25, -0.2) is 0 Å². The van der Waals surface area contributed by atoms with E-state index in [4.69, 9.17) is 4.74 Å². The molecule has 1 heterocycles. The topological polar surface area (TPSA) is 76.3 Å². The molecule has 0 radical (unpaired) electrons. The van der Waals surface area contributed by atoms with Crippen molar-refractivity contribution in [2.24, 2.45) is 10.7 Å². The first-order chi connectivity index (χ1) is 12.8. The molecule has 0 spiro atoms. The fourth-order valence-corrected chi connectivity index (χ4v) is 3.40. The summed E-state index contributed by atoms with van der Waals surface area (Å²) < 4.78 is 6.18. The van der Waals surface area contributed by atoms with E-state index in [0.29, 0.717) is 6.10 Å². The molecule has 1 aliphatic carbocycles. The van der Waals surface area contributed by atoms with E-state index in [1.54, 1.807) is 0 Å². The second-order valence-electron chi connectivity index (χ2n) is 6.39. The lowest BCUT2D eigenvalue weighted by atomic mass is 9.97. The van der Waals surface area contributed by atoms with Crippen LogP contribution in [-0.4, -0.2) is 30.1 Å². The highest BCUT2D eigenvalue weighted by atomic mass is 16.5. The molecular weight excluding hydrogens is 324 g/mol. The predicted octanol–water partition coefficient (Wildman–Crippen LogP) is 4.85. The van der Waals surface area contributed by atoms with Crippen molar-refractivity contribution >= 4 is 23.3 Å². The molecule has 0 unspecified atom stereocenters. The first kappa shape index (κ1) is 18.1. The standard InChI is InChI=1S/C20H21N3O.CH5N/c1-21-19-12-15(14-7-9-18-16(11-14)13-22-23-18)8-10-20(19)24-17-5-3-2-4-6-17;1-2/h7-13,17H,1-6H2,(H,22,23);2H2,1H3. The third-order valence-corrected chi connectivity index (χ3v) is 4.75. The molecule has 0 atom stereocenters. The smallest absolute Gasteiger partial charge is 0.145 e. The van der Waals surface area contributed by atoms with Gasteiger partial charge in [-0.2, -0.15) is 5.10 Å². The summed E-state index contributed by atoms with van der Waals surface area (Å²) in [5, 5.41) is 8.15. The molecule has 1 aliphatic rings. The fraction of sp³-hybridized carbons (Fsp3) is 0.333. The van der Waals surface area contributed by atoms with Crippen molar-refractivity contribution in [3.63, 3.8) is 0 Å². The number of nitrogens with one attached hydrogen (secondary N) is 1. The zero-order valence-corrected chi connectivity index (χ0v) is 15.2. The van der Waals surface area contributed by atoms with E-state index in [1.165, 1.54) is 26.3 Å². The quantitative estimate of drug-likeness (QED) is 0.660. The van der Waals surface area contributed by atoms with Gasteiger partial charge in [0, 0.05) is 5.39 Å². The third-order valence-electron chi connectivity index (χ3n) is 4.75. The van der Waals surface area contributed by atoms with Crippen LogP contribution in [0.4, 0.5) is 5.69 Å². The number of aliphatic imine (C=N–C) groups is 1. The molecule has 0 amide bonds. The summed E-state index contributed by atoms with van der Waals surface area (Å²) in [4.78, 5) is 4.18. The number of hydrogen-bond acceptors (Lipinski definition) is 4. The Balaban J connectivity index is 0.000000948. The summed E-state index contributed by atoms with van der Waals surface area (Å²) in [5.74, 6) is 0.838. The van der Waals surface area contributed by atoms with Gasteiger partial charge in [0.05, 0.1) is 17.8 Å². The molecule has 3 N–H and O–H groups in total. The Labute approximate surface area is 154 Å². The second kappa shape index (κ2) is 8.63. The Bertz CT molecular complexity index is 865. The van der Waals surface area contributed by atoms with Crippen LogP contribution in [0.25, 0.3) is 22.0 Å². The number of ether oxygens (including phenoxy) is 1. The molecule has 2 aromatic carbocycles. The van der Waals surface area contributed by atoms with Gasteiger partial charge in [0.2, 0.25) is 0 Å². The summed E-state index contributed by atoms with van der Waals surface area (Å²) in [7, 11) is 1.50. The Kier molecular flexibility index (Phi) is 6.02. The molecule has 1 saturated carbocycles. The lowest BCUT2D eigenvalue weighted by Gasteiger charge is -2.23. The highest BCUT2D eigenvalue weighted by Gasteiger charge is 2.16. The summed E-state index contributed by atoms with van der Waals surface area (Å²) in [5.41, 5.74) is 8.60. The van der Waals surface area contributed by atoms with E-state index in [9.17, 15) is 0 Å². The molecule has 5 nitrogen and oxygen atoms in total. The van der Waals surface area contributed by atoms with Crippen molar-refractivity contribution in [3.05, 3.63) is 42.6 Å². The number of aromatic amines is 1. The minimum Gasteiger partial charge on any atom is -0.488 e. The Morgan fingerprint density at radius 1 is 1.08 bits per heavy atom. The van der Waals surface area contributed by atoms with Gasteiger partial charge in [0.1, 0.15) is 11.4 Å². The first-order valence-corrected chi connectivity index (χ1v) is 9.12. The van der Waals surface area contributed by atoms with Crippen LogP contribution in [0, 0.1) is 0 Å². The van der Waals surface area contributed by atoms with Crippen molar-refractivity contribution in [2.75, 3.05) is 7.05 Å². The van der Waals surface area contributed by atoms with Gasteiger partial charge in [0.25, 0.3) is 0 Å². The Morgan fingerprint density at radius 2 is 1.81 bits per heavy atom. The molecule has 26 heavy (non-hydrogen) atoms. The van der Waals surface area contributed by atoms with Gasteiger partial charge in [-0.1, -0.05) is 18.6 Å². The fourth-order valence-electron chi connectivity index (χ4n) is 3.40. The summed E-state index contributed by atoms with van der Waals surface area (Å²) in [6, 6.07) is 12.4. The third kappa shape index (κ3) is 3.94. The number of nitrogens with two attached hydrogens (primary N) is 1. The molecule has 1 aromatic heterocycles. The number of fused-ring (bicyclic) bond motifs is 1. The van der Waals surface area contributed by atoms with E-state index in [0.717, 1.165) is 46.3 Å². The largest absolute Gasteiger partial charge is 0.488 e. The number of aromatic nitrogens is 2. The van der Waals surface area contributed by atoms with Gasteiger partial charge in [-0.3, -0.25) is 10.1 Å². The molecule has 0 saturated heterocycles. The zero-order valence-electron chi connectivity index (χ0n) is 15.2. The second-order valence-corrected chi connectivity index (χ2v) is 6.39.